The molecule has 0 aliphatic rings. The van der Waals surface area contributed by atoms with E-state index in [2.05, 4.69) is 32.8 Å². The molecular weight excluding hydrogens is 254 g/mol. The van der Waals surface area contributed by atoms with Crippen LogP contribution in [0.25, 0.3) is 0 Å². The van der Waals surface area contributed by atoms with Crippen LogP contribution in [-0.4, -0.2) is 27.7 Å². The van der Waals surface area contributed by atoms with E-state index >= 15 is 0 Å². The fraction of sp³-hybridized carbons (Fsp3) is 0.333. The summed E-state index contributed by atoms with van der Waals surface area (Å²) >= 11 is 0. The highest BCUT2D eigenvalue weighted by molar-refractivity contribution is 5.45. The molecule has 1 rings (SSSR count). The second-order valence-corrected chi connectivity index (χ2v) is 3.85. The largest absolute Gasteiger partial charge is 1.00 e. The van der Waals surface area contributed by atoms with Crippen LogP contribution >= 0.6 is 0 Å². The highest BCUT2D eigenvalue weighted by atomic mass is 79.9. The summed E-state index contributed by atoms with van der Waals surface area (Å²) in [5.74, 6) is 0.896. The maximum absolute atomic E-state index is 5.11. The van der Waals surface area contributed by atoms with Crippen molar-refractivity contribution < 1.29 is 21.7 Å². The summed E-state index contributed by atoms with van der Waals surface area (Å²) in [5, 5.41) is 0. The number of likely N-dealkylation sites (N-methyl/N-ethyl adjacent to an activating group) is 1. The third-order valence-corrected chi connectivity index (χ3v) is 2.36. The summed E-state index contributed by atoms with van der Waals surface area (Å²) in [7, 11) is 5.99. The highest BCUT2D eigenvalue weighted by Crippen LogP contribution is 2.22. The molecule has 0 aliphatic carbocycles. The number of ether oxygens (including phenoxy) is 1. The Morgan fingerprint density at radius 3 is 2.20 bits per heavy atom. The number of methoxy groups -OCH3 is 1. The molecule has 0 fully saturated rings. The zero-order chi connectivity index (χ0) is 10.6. The fourth-order valence-electron chi connectivity index (χ4n) is 1.41. The first-order valence-corrected chi connectivity index (χ1v) is 4.68. The van der Waals surface area contributed by atoms with E-state index in [1.165, 1.54) is 5.69 Å². The zero-order valence-electron chi connectivity index (χ0n) is 9.53. The van der Waals surface area contributed by atoms with E-state index in [-0.39, 0.29) is 17.0 Å². The summed E-state index contributed by atoms with van der Waals surface area (Å²) in [6.45, 7) is 4.69. The Labute approximate surface area is 103 Å². The van der Waals surface area contributed by atoms with E-state index in [1.54, 1.807) is 7.11 Å². The Morgan fingerprint density at radius 2 is 1.80 bits per heavy atom. The number of nitrogens with zero attached hydrogens (tertiary/aromatic N) is 1. The van der Waals surface area contributed by atoms with Gasteiger partial charge >= 0.3 is 0 Å². The lowest BCUT2D eigenvalue weighted by molar-refractivity contribution is -0.00000342. The number of rotatable bonds is 4. The molecule has 0 saturated carbocycles. The van der Waals surface area contributed by atoms with Crippen molar-refractivity contribution in [3.63, 3.8) is 0 Å². The molecule has 0 amide bonds. The van der Waals surface area contributed by atoms with Crippen molar-refractivity contribution in [3.8, 4) is 5.75 Å². The SMILES string of the molecule is C=CC[N+](C)(C)c1ccc(OC)cc1.[Br-]. The molecule has 0 spiro atoms. The Balaban J connectivity index is 0.00000196. The van der Waals surface area contributed by atoms with Gasteiger partial charge < -0.3 is 21.7 Å². The summed E-state index contributed by atoms with van der Waals surface area (Å²) < 4.78 is 5.93. The number of benzene rings is 1. The van der Waals surface area contributed by atoms with Crippen LogP contribution < -0.4 is 26.2 Å². The third-order valence-electron chi connectivity index (χ3n) is 2.36. The molecule has 15 heavy (non-hydrogen) atoms. The van der Waals surface area contributed by atoms with Gasteiger partial charge in [-0.3, -0.25) is 4.48 Å². The van der Waals surface area contributed by atoms with E-state index in [0.29, 0.717) is 0 Å². The summed E-state index contributed by atoms with van der Waals surface area (Å²) in [6, 6.07) is 8.14. The van der Waals surface area contributed by atoms with Gasteiger partial charge in [-0.2, -0.15) is 0 Å². The number of hydrogen-bond donors (Lipinski definition) is 0. The molecule has 0 atom stereocenters. The second kappa shape index (κ2) is 5.93. The number of quaternary nitrogens is 1. The first-order valence-electron chi connectivity index (χ1n) is 4.68. The number of halogens is 1. The molecule has 1 aromatic carbocycles. The van der Waals surface area contributed by atoms with Gasteiger partial charge in [-0.25, -0.2) is 0 Å². The maximum atomic E-state index is 5.11. The Hall–Kier alpha value is -0.800. The van der Waals surface area contributed by atoms with Gasteiger partial charge in [-0.05, 0) is 18.2 Å². The van der Waals surface area contributed by atoms with Crippen molar-refractivity contribution in [1.29, 1.82) is 0 Å². The van der Waals surface area contributed by atoms with Gasteiger partial charge in [0.05, 0.1) is 21.2 Å². The van der Waals surface area contributed by atoms with Crippen LogP contribution in [-0.2, 0) is 0 Å². The lowest BCUT2D eigenvalue weighted by atomic mass is 10.2. The molecular formula is C12H18BrNO. The van der Waals surface area contributed by atoms with Gasteiger partial charge in [0.2, 0.25) is 0 Å². The van der Waals surface area contributed by atoms with Crippen molar-refractivity contribution in [3.05, 3.63) is 36.9 Å². The van der Waals surface area contributed by atoms with Crippen LogP contribution in [0.3, 0.4) is 0 Å². The topological polar surface area (TPSA) is 9.23 Å². The van der Waals surface area contributed by atoms with Crippen molar-refractivity contribution in [1.82, 2.24) is 4.48 Å². The summed E-state index contributed by atoms with van der Waals surface area (Å²) in [4.78, 5) is 0. The van der Waals surface area contributed by atoms with Crippen LogP contribution in [0.5, 0.6) is 5.75 Å². The molecule has 2 nitrogen and oxygen atoms in total. The minimum absolute atomic E-state index is 0. The van der Waals surface area contributed by atoms with Crippen molar-refractivity contribution in [2.45, 2.75) is 0 Å². The average molecular weight is 272 g/mol. The quantitative estimate of drug-likeness (QED) is 0.528. The minimum Gasteiger partial charge on any atom is -1.00 e. The van der Waals surface area contributed by atoms with E-state index < -0.39 is 0 Å². The van der Waals surface area contributed by atoms with E-state index in [0.717, 1.165) is 16.8 Å². The maximum Gasteiger partial charge on any atom is 0.132 e. The van der Waals surface area contributed by atoms with Gasteiger partial charge in [-0.1, -0.05) is 6.58 Å². The molecule has 0 aliphatic heterocycles. The Bertz CT molecular complexity index is 306. The lowest BCUT2D eigenvalue weighted by Crippen LogP contribution is -3.00. The smallest absolute Gasteiger partial charge is 0.132 e. The van der Waals surface area contributed by atoms with Gasteiger partial charge in [0.15, 0.2) is 0 Å². The van der Waals surface area contributed by atoms with Crippen LogP contribution in [0.15, 0.2) is 36.9 Å². The predicted octanol–water partition coefficient (Wildman–Crippen LogP) is -0.548. The summed E-state index contributed by atoms with van der Waals surface area (Å²) in [5.41, 5.74) is 1.26. The van der Waals surface area contributed by atoms with E-state index in [1.807, 2.05) is 18.2 Å². The lowest BCUT2D eigenvalue weighted by Gasteiger charge is -2.27. The summed E-state index contributed by atoms with van der Waals surface area (Å²) in [6.07, 6.45) is 1.93. The standard InChI is InChI=1S/C12H18NO.BrH/c1-5-10-13(2,3)11-6-8-12(14-4)9-7-11;/h5-9H,1,10H2,2-4H3;1H/q+1;/p-1. The van der Waals surface area contributed by atoms with Crippen LogP contribution in [0, 0.1) is 0 Å². The molecule has 0 N–H and O–H groups in total. The molecule has 0 heterocycles. The normalized spacial score (nSPS) is 10.3. The van der Waals surface area contributed by atoms with Crippen LogP contribution in [0.4, 0.5) is 5.69 Å². The molecule has 0 bridgehead atoms. The van der Waals surface area contributed by atoms with Crippen LogP contribution in [0.1, 0.15) is 0 Å². The molecule has 84 valence electrons. The van der Waals surface area contributed by atoms with Gasteiger partial charge in [0.1, 0.15) is 18.0 Å². The van der Waals surface area contributed by atoms with Crippen LogP contribution in [0.2, 0.25) is 0 Å². The highest BCUT2D eigenvalue weighted by Gasteiger charge is 2.16. The van der Waals surface area contributed by atoms with Gasteiger partial charge in [0, 0.05) is 12.1 Å². The Morgan fingerprint density at radius 1 is 1.27 bits per heavy atom. The second-order valence-electron chi connectivity index (χ2n) is 3.85. The fourth-order valence-corrected chi connectivity index (χ4v) is 1.41. The first kappa shape index (κ1) is 14.2. The molecule has 3 heteroatoms. The predicted molar refractivity (Wildman–Crippen MR) is 61.7 cm³/mol. The van der Waals surface area contributed by atoms with Crippen molar-refractivity contribution in [2.24, 2.45) is 0 Å². The van der Waals surface area contributed by atoms with Gasteiger partial charge in [-0.15, -0.1) is 0 Å². The van der Waals surface area contributed by atoms with E-state index in [9.17, 15) is 0 Å². The molecule has 1 aromatic rings. The molecule has 0 radical (unpaired) electrons. The average Bonchev–Trinajstić information content (AvgIpc) is 2.18. The Kier molecular flexibility index (Phi) is 5.61. The third kappa shape index (κ3) is 3.68. The van der Waals surface area contributed by atoms with Crippen molar-refractivity contribution in [2.75, 3.05) is 27.7 Å². The molecule has 0 saturated heterocycles. The van der Waals surface area contributed by atoms with Gasteiger partial charge in [0.25, 0.3) is 0 Å². The molecule has 0 aromatic heterocycles. The first-order chi connectivity index (χ1) is 6.60. The number of hydrogen-bond acceptors (Lipinski definition) is 1. The zero-order valence-corrected chi connectivity index (χ0v) is 11.1. The van der Waals surface area contributed by atoms with E-state index in [4.69, 9.17) is 4.74 Å². The monoisotopic (exact) mass is 271 g/mol. The van der Waals surface area contributed by atoms with Crippen molar-refractivity contribution >= 4 is 5.69 Å². The minimum atomic E-state index is 0. The molecule has 0 unspecified atom stereocenters.